The maximum absolute atomic E-state index is 12.8. The predicted molar refractivity (Wildman–Crippen MR) is 74.4 cm³/mol. The zero-order valence-corrected chi connectivity index (χ0v) is 11.9. The Morgan fingerprint density at radius 3 is 2.70 bits per heavy atom. The number of carbonyl (C=O) groups is 1. The summed E-state index contributed by atoms with van der Waals surface area (Å²) in [7, 11) is 0. The molecule has 0 aliphatic carbocycles. The standard InChI is InChI=1S/C13H14FN3O2S/c1-3-11-16-17-13(20-11)15-12(18)8(2)19-10-6-4-9(14)5-7-10/h4-8H,3H2,1-2H3,(H,15,17,18). The molecule has 0 saturated carbocycles. The Morgan fingerprint density at radius 1 is 1.40 bits per heavy atom. The van der Waals surface area contributed by atoms with E-state index in [0.29, 0.717) is 10.9 Å². The number of ether oxygens (including phenoxy) is 1. The number of aryl methyl sites for hydroxylation is 1. The maximum atomic E-state index is 12.8. The van der Waals surface area contributed by atoms with Crippen LogP contribution in [0.2, 0.25) is 0 Å². The molecule has 0 spiro atoms. The highest BCUT2D eigenvalue weighted by Gasteiger charge is 2.16. The summed E-state index contributed by atoms with van der Waals surface area (Å²) < 4.78 is 18.2. The quantitative estimate of drug-likeness (QED) is 0.921. The van der Waals surface area contributed by atoms with Gasteiger partial charge in [0.05, 0.1) is 0 Å². The smallest absolute Gasteiger partial charge is 0.266 e. The normalized spacial score (nSPS) is 11.9. The van der Waals surface area contributed by atoms with Crippen molar-refractivity contribution in [2.24, 2.45) is 0 Å². The minimum absolute atomic E-state index is 0.326. The fraction of sp³-hybridized carbons (Fsp3) is 0.308. The number of carbonyl (C=O) groups excluding carboxylic acids is 1. The molecule has 5 nitrogen and oxygen atoms in total. The van der Waals surface area contributed by atoms with Crippen LogP contribution in [-0.4, -0.2) is 22.2 Å². The Kier molecular flexibility index (Phi) is 4.62. The number of aromatic nitrogens is 2. The van der Waals surface area contributed by atoms with Crippen LogP contribution in [0.15, 0.2) is 24.3 Å². The van der Waals surface area contributed by atoms with Crippen LogP contribution >= 0.6 is 11.3 Å². The van der Waals surface area contributed by atoms with E-state index in [-0.39, 0.29) is 11.7 Å². The molecule has 7 heteroatoms. The Balaban J connectivity index is 1.93. The topological polar surface area (TPSA) is 64.1 Å². The molecule has 0 aliphatic rings. The van der Waals surface area contributed by atoms with Gasteiger partial charge in [-0.15, -0.1) is 10.2 Å². The van der Waals surface area contributed by atoms with Gasteiger partial charge >= 0.3 is 0 Å². The predicted octanol–water partition coefficient (Wildman–Crippen LogP) is 2.65. The van der Waals surface area contributed by atoms with E-state index in [1.54, 1.807) is 6.92 Å². The van der Waals surface area contributed by atoms with Crippen molar-refractivity contribution in [1.82, 2.24) is 10.2 Å². The van der Waals surface area contributed by atoms with Gasteiger partial charge < -0.3 is 4.74 Å². The van der Waals surface area contributed by atoms with E-state index in [9.17, 15) is 9.18 Å². The van der Waals surface area contributed by atoms with E-state index < -0.39 is 6.10 Å². The highest BCUT2D eigenvalue weighted by molar-refractivity contribution is 7.15. The molecule has 0 bridgehead atoms. The van der Waals surface area contributed by atoms with Gasteiger partial charge in [-0.2, -0.15) is 0 Å². The molecule has 0 radical (unpaired) electrons. The summed E-state index contributed by atoms with van der Waals surface area (Å²) in [6, 6.07) is 5.49. The summed E-state index contributed by atoms with van der Waals surface area (Å²) in [5.74, 6) is -0.246. The molecular formula is C13H14FN3O2S. The lowest BCUT2D eigenvalue weighted by Gasteiger charge is -2.13. The number of halogens is 1. The van der Waals surface area contributed by atoms with Gasteiger partial charge in [-0.05, 0) is 37.6 Å². The Bertz CT molecular complexity index is 586. The molecule has 1 atom stereocenters. The van der Waals surface area contributed by atoms with Crippen molar-refractivity contribution in [1.29, 1.82) is 0 Å². The van der Waals surface area contributed by atoms with Gasteiger partial charge in [0.2, 0.25) is 5.13 Å². The van der Waals surface area contributed by atoms with Crippen molar-refractivity contribution in [2.45, 2.75) is 26.4 Å². The van der Waals surface area contributed by atoms with Gasteiger partial charge in [-0.25, -0.2) is 4.39 Å². The molecule has 0 saturated heterocycles. The highest BCUT2D eigenvalue weighted by atomic mass is 32.1. The lowest BCUT2D eigenvalue weighted by molar-refractivity contribution is -0.122. The first-order valence-corrected chi connectivity index (χ1v) is 6.95. The van der Waals surface area contributed by atoms with Gasteiger partial charge in [-0.1, -0.05) is 18.3 Å². The molecular weight excluding hydrogens is 281 g/mol. The molecule has 1 aromatic heterocycles. The maximum Gasteiger partial charge on any atom is 0.266 e. The van der Waals surface area contributed by atoms with Crippen LogP contribution in [0.5, 0.6) is 5.75 Å². The minimum Gasteiger partial charge on any atom is -0.481 e. The van der Waals surface area contributed by atoms with Crippen LogP contribution in [0.4, 0.5) is 9.52 Å². The van der Waals surface area contributed by atoms with Crippen molar-refractivity contribution in [3.63, 3.8) is 0 Å². The van der Waals surface area contributed by atoms with Crippen molar-refractivity contribution in [3.8, 4) is 5.75 Å². The summed E-state index contributed by atoms with van der Waals surface area (Å²) in [6.45, 7) is 3.58. The summed E-state index contributed by atoms with van der Waals surface area (Å²) in [5, 5.41) is 11.7. The van der Waals surface area contributed by atoms with E-state index >= 15 is 0 Å². The summed E-state index contributed by atoms with van der Waals surface area (Å²) in [5.41, 5.74) is 0. The van der Waals surface area contributed by atoms with Crippen molar-refractivity contribution in [3.05, 3.63) is 35.1 Å². The molecule has 2 rings (SSSR count). The van der Waals surface area contributed by atoms with Crippen LogP contribution < -0.4 is 10.1 Å². The van der Waals surface area contributed by atoms with E-state index in [0.717, 1.165) is 11.4 Å². The van der Waals surface area contributed by atoms with E-state index in [2.05, 4.69) is 15.5 Å². The first-order chi connectivity index (χ1) is 9.58. The molecule has 1 amide bonds. The second kappa shape index (κ2) is 6.42. The zero-order chi connectivity index (χ0) is 14.5. The first kappa shape index (κ1) is 14.4. The van der Waals surface area contributed by atoms with Crippen LogP contribution in [0.25, 0.3) is 0 Å². The lowest BCUT2D eigenvalue weighted by atomic mass is 10.3. The molecule has 0 aliphatic heterocycles. The van der Waals surface area contributed by atoms with Crippen molar-refractivity contribution in [2.75, 3.05) is 5.32 Å². The number of nitrogens with one attached hydrogen (secondary N) is 1. The summed E-state index contributed by atoms with van der Waals surface area (Å²) in [4.78, 5) is 11.9. The van der Waals surface area contributed by atoms with Gasteiger partial charge in [-0.3, -0.25) is 10.1 Å². The third kappa shape index (κ3) is 3.74. The molecule has 1 aromatic carbocycles. The Morgan fingerprint density at radius 2 is 2.10 bits per heavy atom. The zero-order valence-electron chi connectivity index (χ0n) is 11.1. The summed E-state index contributed by atoms with van der Waals surface area (Å²) in [6.07, 6.45) is 0.0595. The monoisotopic (exact) mass is 295 g/mol. The minimum atomic E-state index is -0.713. The van der Waals surface area contributed by atoms with Crippen molar-refractivity contribution >= 4 is 22.4 Å². The number of nitrogens with zero attached hydrogens (tertiary/aromatic N) is 2. The summed E-state index contributed by atoms with van der Waals surface area (Å²) >= 11 is 1.33. The third-order valence-corrected chi connectivity index (χ3v) is 3.48. The average molecular weight is 295 g/mol. The molecule has 1 heterocycles. The lowest BCUT2D eigenvalue weighted by Crippen LogP contribution is -2.30. The number of amides is 1. The third-order valence-electron chi connectivity index (χ3n) is 2.50. The second-order valence-corrected chi connectivity index (χ2v) is 5.12. The van der Waals surface area contributed by atoms with Gasteiger partial charge in [0.1, 0.15) is 16.6 Å². The first-order valence-electron chi connectivity index (χ1n) is 6.14. The van der Waals surface area contributed by atoms with Crippen LogP contribution in [-0.2, 0) is 11.2 Å². The Hall–Kier alpha value is -2.02. The van der Waals surface area contributed by atoms with E-state index in [1.165, 1.54) is 35.6 Å². The second-order valence-electron chi connectivity index (χ2n) is 4.06. The fourth-order valence-electron chi connectivity index (χ4n) is 1.42. The SMILES string of the molecule is CCc1nnc(NC(=O)C(C)Oc2ccc(F)cc2)s1. The average Bonchev–Trinajstić information content (AvgIpc) is 2.89. The molecule has 2 aromatic rings. The van der Waals surface area contributed by atoms with Crippen LogP contribution in [0.3, 0.4) is 0 Å². The molecule has 1 unspecified atom stereocenters. The van der Waals surface area contributed by atoms with Gasteiger partial charge in [0.25, 0.3) is 5.91 Å². The van der Waals surface area contributed by atoms with E-state index in [1.807, 2.05) is 6.92 Å². The van der Waals surface area contributed by atoms with Crippen LogP contribution in [0, 0.1) is 5.82 Å². The van der Waals surface area contributed by atoms with Gasteiger partial charge in [0.15, 0.2) is 6.10 Å². The van der Waals surface area contributed by atoms with Crippen LogP contribution in [0.1, 0.15) is 18.9 Å². The number of hydrogen-bond donors (Lipinski definition) is 1. The number of hydrogen-bond acceptors (Lipinski definition) is 5. The molecule has 0 fully saturated rings. The number of benzene rings is 1. The van der Waals surface area contributed by atoms with Gasteiger partial charge in [0, 0.05) is 0 Å². The largest absolute Gasteiger partial charge is 0.481 e. The number of anilines is 1. The molecule has 20 heavy (non-hydrogen) atoms. The molecule has 1 N–H and O–H groups in total. The number of rotatable bonds is 5. The fourth-order valence-corrected chi connectivity index (χ4v) is 2.11. The Labute approximate surface area is 119 Å². The highest BCUT2D eigenvalue weighted by Crippen LogP contribution is 2.17. The van der Waals surface area contributed by atoms with Crippen molar-refractivity contribution < 1.29 is 13.9 Å². The van der Waals surface area contributed by atoms with E-state index in [4.69, 9.17) is 4.74 Å². The molecule has 106 valence electrons.